The average Bonchev–Trinajstić information content (AvgIpc) is 2.30. The number of nitrogens with zero attached hydrogens (tertiary/aromatic N) is 1. The largest absolute Gasteiger partial charge is 0.264 e. The maximum absolute atomic E-state index is 4.36. The van der Waals surface area contributed by atoms with Gasteiger partial charge in [-0.2, -0.15) is 0 Å². The zero-order chi connectivity index (χ0) is 10.7. The molecule has 0 fully saturated rings. The fraction of sp³-hybridized carbons (Fsp3) is 0.308. The molecule has 0 radical (unpaired) electrons. The van der Waals surface area contributed by atoms with Crippen LogP contribution < -0.4 is 0 Å². The lowest BCUT2D eigenvalue weighted by Crippen LogP contribution is -1.94. The minimum absolute atomic E-state index is 0.988. The van der Waals surface area contributed by atoms with Gasteiger partial charge >= 0.3 is 0 Å². The second-order valence-electron chi connectivity index (χ2n) is 3.59. The second-order valence-corrected chi connectivity index (χ2v) is 4.62. The van der Waals surface area contributed by atoms with E-state index in [0.717, 1.165) is 17.9 Å². The summed E-state index contributed by atoms with van der Waals surface area (Å²) in [5.41, 5.74) is 3.82. The van der Waals surface area contributed by atoms with Gasteiger partial charge in [0.2, 0.25) is 0 Å². The van der Waals surface area contributed by atoms with Crippen LogP contribution in [0.1, 0.15) is 25.0 Å². The summed E-state index contributed by atoms with van der Waals surface area (Å²) in [5.74, 6) is 0.988. The molecule has 0 bridgehead atoms. The SMILES string of the molecule is CCc1ccc(C2=C(C)N=CCS2)cc1. The maximum Gasteiger partial charge on any atom is 0.0510 e. The molecule has 0 saturated heterocycles. The van der Waals surface area contributed by atoms with Crippen molar-refractivity contribution in [1.82, 2.24) is 0 Å². The number of allylic oxidation sites excluding steroid dienone is 1. The highest BCUT2D eigenvalue weighted by Crippen LogP contribution is 2.33. The van der Waals surface area contributed by atoms with Crippen molar-refractivity contribution in [1.29, 1.82) is 0 Å². The first-order chi connectivity index (χ1) is 7.31. The topological polar surface area (TPSA) is 12.4 Å². The third-order valence-corrected chi connectivity index (χ3v) is 3.68. The highest BCUT2D eigenvalue weighted by molar-refractivity contribution is 8.08. The highest BCUT2D eigenvalue weighted by atomic mass is 32.2. The number of benzene rings is 1. The van der Waals surface area contributed by atoms with Gasteiger partial charge in [0.15, 0.2) is 0 Å². The fourth-order valence-electron chi connectivity index (χ4n) is 1.64. The van der Waals surface area contributed by atoms with Crippen molar-refractivity contribution in [3.8, 4) is 0 Å². The summed E-state index contributed by atoms with van der Waals surface area (Å²) in [4.78, 5) is 5.68. The molecule has 2 heteroatoms. The zero-order valence-corrected chi connectivity index (χ0v) is 9.97. The van der Waals surface area contributed by atoms with Gasteiger partial charge in [-0.25, -0.2) is 0 Å². The van der Waals surface area contributed by atoms with Gasteiger partial charge in [-0.1, -0.05) is 31.2 Å². The van der Waals surface area contributed by atoms with Crippen LogP contribution >= 0.6 is 11.8 Å². The van der Waals surface area contributed by atoms with E-state index in [9.17, 15) is 0 Å². The number of aliphatic imine (C=N–C) groups is 1. The van der Waals surface area contributed by atoms with E-state index < -0.39 is 0 Å². The van der Waals surface area contributed by atoms with Crippen molar-refractivity contribution in [2.24, 2.45) is 4.99 Å². The molecule has 0 atom stereocenters. The summed E-state index contributed by atoms with van der Waals surface area (Å²) < 4.78 is 0. The quantitative estimate of drug-likeness (QED) is 0.735. The third kappa shape index (κ3) is 2.32. The molecule has 0 N–H and O–H groups in total. The first-order valence-corrected chi connectivity index (χ1v) is 6.25. The number of rotatable bonds is 2. The Morgan fingerprint density at radius 3 is 2.60 bits per heavy atom. The number of thioether (sulfide) groups is 1. The first-order valence-electron chi connectivity index (χ1n) is 5.26. The molecule has 0 aliphatic carbocycles. The normalized spacial score (nSPS) is 15.9. The van der Waals surface area contributed by atoms with Gasteiger partial charge in [0, 0.05) is 16.9 Å². The molecular weight excluding hydrogens is 202 g/mol. The lowest BCUT2D eigenvalue weighted by molar-refractivity contribution is 1.14. The van der Waals surface area contributed by atoms with Crippen molar-refractivity contribution >= 4 is 22.9 Å². The molecule has 2 rings (SSSR count). The van der Waals surface area contributed by atoms with Crippen LogP contribution in [0.25, 0.3) is 4.91 Å². The van der Waals surface area contributed by atoms with E-state index in [1.54, 1.807) is 0 Å². The van der Waals surface area contributed by atoms with Gasteiger partial charge in [0.25, 0.3) is 0 Å². The monoisotopic (exact) mass is 217 g/mol. The molecule has 1 aliphatic heterocycles. The van der Waals surface area contributed by atoms with E-state index in [1.807, 2.05) is 18.0 Å². The van der Waals surface area contributed by atoms with E-state index >= 15 is 0 Å². The van der Waals surface area contributed by atoms with Crippen LogP contribution in [-0.4, -0.2) is 12.0 Å². The molecule has 1 heterocycles. The van der Waals surface area contributed by atoms with Crippen LogP contribution in [0, 0.1) is 0 Å². The van der Waals surface area contributed by atoms with E-state index in [0.29, 0.717) is 0 Å². The van der Waals surface area contributed by atoms with Crippen LogP contribution in [0.2, 0.25) is 0 Å². The van der Waals surface area contributed by atoms with Crippen LogP contribution in [0.4, 0.5) is 0 Å². The van der Waals surface area contributed by atoms with Gasteiger partial charge in [0.1, 0.15) is 0 Å². The Kier molecular flexibility index (Phi) is 3.27. The average molecular weight is 217 g/mol. The summed E-state index contributed by atoms with van der Waals surface area (Å²) in [7, 11) is 0. The number of aryl methyl sites for hydroxylation is 1. The van der Waals surface area contributed by atoms with Gasteiger partial charge in [-0.3, -0.25) is 4.99 Å². The van der Waals surface area contributed by atoms with E-state index in [-0.39, 0.29) is 0 Å². The molecule has 0 saturated carbocycles. The molecule has 0 aromatic heterocycles. The second kappa shape index (κ2) is 4.67. The van der Waals surface area contributed by atoms with Crippen molar-refractivity contribution in [2.45, 2.75) is 20.3 Å². The number of hydrogen-bond donors (Lipinski definition) is 0. The van der Waals surface area contributed by atoms with Gasteiger partial charge in [0.05, 0.1) is 5.70 Å². The van der Waals surface area contributed by atoms with Gasteiger partial charge < -0.3 is 0 Å². The summed E-state index contributed by atoms with van der Waals surface area (Å²) in [5, 5.41) is 0. The van der Waals surface area contributed by atoms with Crippen molar-refractivity contribution in [2.75, 3.05) is 5.75 Å². The van der Waals surface area contributed by atoms with Crippen molar-refractivity contribution < 1.29 is 0 Å². The summed E-state index contributed by atoms with van der Waals surface area (Å²) >= 11 is 1.87. The minimum atomic E-state index is 0.988. The van der Waals surface area contributed by atoms with Crippen molar-refractivity contribution in [3.05, 3.63) is 41.1 Å². The Morgan fingerprint density at radius 1 is 1.27 bits per heavy atom. The van der Waals surface area contributed by atoms with Crippen LogP contribution in [-0.2, 0) is 6.42 Å². The molecule has 1 aliphatic rings. The van der Waals surface area contributed by atoms with Crippen molar-refractivity contribution in [3.63, 3.8) is 0 Å². The fourth-order valence-corrected chi connectivity index (χ4v) is 2.52. The maximum atomic E-state index is 4.36. The smallest absolute Gasteiger partial charge is 0.0510 e. The lowest BCUT2D eigenvalue weighted by atomic mass is 10.1. The molecule has 0 amide bonds. The Bertz CT molecular complexity index is 401. The minimum Gasteiger partial charge on any atom is -0.264 e. The molecule has 15 heavy (non-hydrogen) atoms. The molecule has 0 spiro atoms. The molecule has 1 nitrogen and oxygen atoms in total. The highest BCUT2D eigenvalue weighted by Gasteiger charge is 2.08. The Labute approximate surface area is 95.3 Å². The van der Waals surface area contributed by atoms with Gasteiger partial charge in [-0.05, 0) is 24.5 Å². The number of hydrogen-bond acceptors (Lipinski definition) is 2. The van der Waals surface area contributed by atoms with Crippen LogP contribution in [0.5, 0.6) is 0 Å². The molecule has 0 unspecified atom stereocenters. The van der Waals surface area contributed by atoms with E-state index in [2.05, 4.69) is 43.1 Å². The Balaban J connectivity index is 2.33. The lowest BCUT2D eigenvalue weighted by Gasteiger charge is -2.12. The van der Waals surface area contributed by atoms with E-state index in [4.69, 9.17) is 0 Å². The predicted octanol–water partition coefficient (Wildman–Crippen LogP) is 3.76. The van der Waals surface area contributed by atoms with Gasteiger partial charge in [-0.15, -0.1) is 11.8 Å². The molecule has 1 aromatic carbocycles. The Morgan fingerprint density at radius 2 is 2.00 bits per heavy atom. The molecule has 78 valence electrons. The first kappa shape index (κ1) is 10.5. The third-order valence-electron chi connectivity index (χ3n) is 2.54. The summed E-state index contributed by atoms with van der Waals surface area (Å²) in [6.07, 6.45) is 3.08. The van der Waals surface area contributed by atoms with Crippen LogP contribution in [0.15, 0.2) is 35.0 Å². The predicted molar refractivity (Wildman–Crippen MR) is 69.4 cm³/mol. The summed E-state index contributed by atoms with van der Waals surface area (Å²) in [6.45, 7) is 4.25. The Hall–Kier alpha value is -1.02. The standard InChI is InChI=1S/C13H15NS/c1-3-11-4-6-12(7-5-11)13-10(2)14-8-9-15-13/h4-8H,3,9H2,1-2H3. The van der Waals surface area contributed by atoms with Crippen LogP contribution in [0.3, 0.4) is 0 Å². The molecular formula is C13H15NS. The van der Waals surface area contributed by atoms with E-state index in [1.165, 1.54) is 16.0 Å². The zero-order valence-electron chi connectivity index (χ0n) is 9.16. The molecule has 1 aromatic rings. The summed E-state index contributed by atoms with van der Waals surface area (Å²) in [6, 6.07) is 8.81.